The number of hydrogen-bond donors (Lipinski definition) is 0. The van der Waals surface area contributed by atoms with Gasteiger partial charge in [0.05, 0.1) is 4.83 Å². The van der Waals surface area contributed by atoms with Crippen LogP contribution in [-0.4, -0.2) is 8.07 Å². The summed E-state index contributed by atoms with van der Waals surface area (Å²) in [5.74, 6) is 3.27. The topological polar surface area (TPSA) is 0 Å². The van der Waals surface area contributed by atoms with Crippen LogP contribution in [0.4, 0.5) is 0 Å². The molecule has 74 valence electrons. The molecule has 0 aliphatic rings. The van der Waals surface area contributed by atoms with Gasteiger partial charge in [-0.2, -0.15) is 0 Å². The minimum absolute atomic E-state index is 0.176. The minimum Gasteiger partial charge on any atom is -0.130 e. The standard InChI is InChI=1S/C12H15BrSi/c1-14(2,3)10-9-12(13)11-7-5-4-6-8-11/h4-8,12H,1-3H3. The molecule has 0 heterocycles. The molecule has 0 radical (unpaired) electrons. The summed E-state index contributed by atoms with van der Waals surface area (Å²) in [6, 6.07) is 10.3. The van der Waals surface area contributed by atoms with Gasteiger partial charge in [0.2, 0.25) is 0 Å². The summed E-state index contributed by atoms with van der Waals surface area (Å²) in [5.41, 5.74) is 4.60. The van der Waals surface area contributed by atoms with Crippen molar-refractivity contribution in [1.29, 1.82) is 0 Å². The lowest BCUT2D eigenvalue weighted by atomic mass is 10.2. The quantitative estimate of drug-likeness (QED) is 0.410. The largest absolute Gasteiger partial charge is 0.130 e. The van der Waals surface area contributed by atoms with Crippen molar-refractivity contribution in [3.05, 3.63) is 35.9 Å². The third-order valence-electron chi connectivity index (χ3n) is 1.67. The van der Waals surface area contributed by atoms with Gasteiger partial charge in [-0.05, 0) is 5.56 Å². The van der Waals surface area contributed by atoms with E-state index in [9.17, 15) is 0 Å². The van der Waals surface area contributed by atoms with E-state index in [-0.39, 0.29) is 4.83 Å². The van der Waals surface area contributed by atoms with Crippen molar-refractivity contribution in [2.45, 2.75) is 24.5 Å². The van der Waals surface area contributed by atoms with Crippen molar-refractivity contribution < 1.29 is 0 Å². The molecule has 1 unspecified atom stereocenters. The van der Waals surface area contributed by atoms with Crippen LogP contribution in [0.5, 0.6) is 0 Å². The molecule has 0 aliphatic heterocycles. The van der Waals surface area contributed by atoms with Crippen LogP contribution in [0, 0.1) is 11.5 Å². The average Bonchev–Trinajstić information content (AvgIpc) is 2.14. The van der Waals surface area contributed by atoms with Gasteiger partial charge in [0.15, 0.2) is 0 Å². The second-order valence-electron chi connectivity index (χ2n) is 4.29. The van der Waals surface area contributed by atoms with Crippen LogP contribution >= 0.6 is 15.9 Å². The van der Waals surface area contributed by atoms with Crippen molar-refractivity contribution in [1.82, 2.24) is 0 Å². The van der Waals surface area contributed by atoms with Crippen LogP contribution in [0.2, 0.25) is 19.6 Å². The van der Waals surface area contributed by atoms with Crippen molar-refractivity contribution in [2.75, 3.05) is 0 Å². The molecule has 0 N–H and O–H groups in total. The van der Waals surface area contributed by atoms with Crippen molar-refractivity contribution in [2.24, 2.45) is 0 Å². The number of hydrogen-bond acceptors (Lipinski definition) is 0. The Morgan fingerprint density at radius 2 is 1.71 bits per heavy atom. The van der Waals surface area contributed by atoms with Gasteiger partial charge in [-0.25, -0.2) is 0 Å². The zero-order valence-electron chi connectivity index (χ0n) is 8.84. The maximum atomic E-state index is 3.59. The fourth-order valence-electron chi connectivity index (χ4n) is 0.985. The molecule has 1 atom stereocenters. The van der Waals surface area contributed by atoms with E-state index in [0.29, 0.717) is 0 Å². The van der Waals surface area contributed by atoms with Crippen LogP contribution in [0.25, 0.3) is 0 Å². The van der Waals surface area contributed by atoms with Gasteiger partial charge in [-0.15, -0.1) is 5.54 Å². The molecule has 0 saturated heterocycles. The monoisotopic (exact) mass is 266 g/mol. The second-order valence-corrected chi connectivity index (χ2v) is 9.96. The maximum absolute atomic E-state index is 3.59. The second kappa shape index (κ2) is 4.81. The molecule has 1 aromatic carbocycles. The molecule has 0 spiro atoms. The molecule has 0 amide bonds. The lowest BCUT2D eigenvalue weighted by Gasteiger charge is -2.06. The number of rotatable bonds is 1. The lowest BCUT2D eigenvalue weighted by Crippen LogP contribution is -2.16. The normalized spacial score (nSPS) is 12.9. The molecule has 2 heteroatoms. The predicted octanol–water partition coefficient (Wildman–Crippen LogP) is 4.00. The number of benzene rings is 1. The number of alkyl halides is 1. The highest BCUT2D eigenvalue weighted by atomic mass is 79.9. The smallest absolute Gasteiger partial charge is 0.129 e. The fraction of sp³-hybridized carbons (Fsp3) is 0.333. The Labute approximate surface area is 95.9 Å². The molecule has 1 rings (SSSR count). The van der Waals surface area contributed by atoms with Gasteiger partial charge in [-0.1, -0.05) is 71.8 Å². The molecule has 0 aliphatic carbocycles. The van der Waals surface area contributed by atoms with Crippen molar-refractivity contribution in [3.8, 4) is 11.5 Å². The van der Waals surface area contributed by atoms with E-state index in [1.165, 1.54) is 5.56 Å². The fourth-order valence-corrected chi connectivity index (χ4v) is 2.19. The van der Waals surface area contributed by atoms with Gasteiger partial charge in [0, 0.05) is 0 Å². The zero-order valence-corrected chi connectivity index (χ0v) is 11.4. The summed E-state index contributed by atoms with van der Waals surface area (Å²) in [4.78, 5) is 0.176. The van der Waals surface area contributed by atoms with Gasteiger partial charge < -0.3 is 0 Å². The number of halogens is 1. The Morgan fingerprint density at radius 3 is 2.21 bits per heavy atom. The lowest BCUT2D eigenvalue weighted by molar-refractivity contribution is 1.30. The molecule has 0 aromatic heterocycles. The van der Waals surface area contributed by atoms with Crippen LogP contribution in [-0.2, 0) is 0 Å². The summed E-state index contributed by atoms with van der Waals surface area (Å²) in [6.45, 7) is 6.76. The Balaban J connectivity index is 2.76. The first-order valence-corrected chi connectivity index (χ1v) is 9.12. The Morgan fingerprint density at radius 1 is 1.14 bits per heavy atom. The highest BCUT2D eigenvalue weighted by Gasteiger charge is 2.09. The molecule has 14 heavy (non-hydrogen) atoms. The van der Waals surface area contributed by atoms with Crippen molar-refractivity contribution >= 4 is 24.0 Å². The minimum atomic E-state index is -1.24. The SMILES string of the molecule is C[Si](C)(C)C#CC(Br)c1ccccc1. The summed E-state index contributed by atoms with van der Waals surface area (Å²) >= 11 is 3.59. The van der Waals surface area contributed by atoms with E-state index in [2.05, 4.69) is 59.2 Å². The van der Waals surface area contributed by atoms with Gasteiger partial charge in [0.25, 0.3) is 0 Å². The summed E-state index contributed by atoms with van der Waals surface area (Å²) < 4.78 is 0. The molecule has 1 aromatic rings. The Kier molecular flexibility index (Phi) is 3.97. The maximum Gasteiger partial charge on any atom is 0.129 e. The molecular weight excluding hydrogens is 252 g/mol. The molecule has 0 saturated carbocycles. The van der Waals surface area contributed by atoms with Crippen LogP contribution in [0.3, 0.4) is 0 Å². The highest BCUT2D eigenvalue weighted by molar-refractivity contribution is 9.09. The highest BCUT2D eigenvalue weighted by Crippen LogP contribution is 2.21. The van der Waals surface area contributed by atoms with E-state index in [0.717, 1.165) is 0 Å². The first-order valence-electron chi connectivity index (χ1n) is 4.71. The first-order chi connectivity index (χ1) is 6.49. The summed E-state index contributed by atoms with van der Waals surface area (Å²) in [7, 11) is -1.24. The molecule has 0 bridgehead atoms. The van der Waals surface area contributed by atoms with Crippen LogP contribution in [0.1, 0.15) is 10.4 Å². The van der Waals surface area contributed by atoms with Crippen LogP contribution < -0.4 is 0 Å². The Hall–Kier alpha value is -0.523. The zero-order chi connectivity index (χ0) is 10.6. The van der Waals surface area contributed by atoms with E-state index in [1.807, 2.05) is 18.2 Å². The van der Waals surface area contributed by atoms with E-state index >= 15 is 0 Å². The van der Waals surface area contributed by atoms with Crippen molar-refractivity contribution in [3.63, 3.8) is 0 Å². The third kappa shape index (κ3) is 4.12. The third-order valence-corrected chi connectivity index (χ3v) is 3.32. The van der Waals surface area contributed by atoms with Crippen LogP contribution in [0.15, 0.2) is 30.3 Å². The molecule has 0 fully saturated rings. The van der Waals surface area contributed by atoms with Gasteiger partial charge >= 0.3 is 0 Å². The van der Waals surface area contributed by atoms with Gasteiger partial charge in [-0.3, -0.25) is 0 Å². The summed E-state index contributed by atoms with van der Waals surface area (Å²) in [5, 5.41) is 0. The van der Waals surface area contributed by atoms with E-state index in [1.54, 1.807) is 0 Å². The molecule has 0 nitrogen and oxygen atoms in total. The molecular formula is C12H15BrSi. The Bertz CT molecular complexity index is 340. The van der Waals surface area contributed by atoms with Gasteiger partial charge in [0.1, 0.15) is 8.07 Å². The van der Waals surface area contributed by atoms with E-state index in [4.69, 9.17) is 0 Å². The predicted molar refractivity (Wildman–Crippen MR) is 69.2 cm³/mol. The first kappa shape index (κ1) is 11.6. The van der Waals surface area contributed by atoms with E-state index < -0.39 is 8.07 Å². The average molecular weight is 267 g/mol. The summed E-state index contributed by atoms with van der Waals surface area (Å²) in [6.07, 6.45) is 0.